The van der Waals surface area contributed by atoms with E-state index in [4.69, 9.17) is 5.73 Å². The van der Waals surface area contributed by atoms with E-state index in [1.807, 2.05) is 0 Å². The number of aromatic carboxylic acids is 1. The number of methoxy groups -OCH3 is 1. The number of amides is 6. The number of likely N-dealkylation sites (tertiary alicyclic amines) is 1. The fourth-order valence-corrected chi connectivity index (χ4v) is 8.64. The van der Waals surface area contributed by atoms with E-state index in [0.29, 0.717) is 12.8 Å². The third-order valence-electron chi connectivity index (χ3n) is 12.1. The quantitative estimate of drug-likeness (QED) is 0.0481. The van der Waals surface area contributed by atoms with Crippen molar-refractivity contribution in [2.45, 2.75) is 141 Å². The van der Waals surface area contributed by atoms with Crippen molar-refractivity contribution in [1.82, 2.24) is 26.2 Å². The minimum Gasteiger partial charge on any atom is -0.478 e. The van der Waals surface area contributed by atoms with Crippen LogP contribution in [0.5, 0.6) is 0 Å². The van der Waals surface area contributed by atoms with Crippen LogP contribution < -0.4 is 27.0 Å². The maximum atomic E-state index is 14.6. The topological polar surface area (TPSA) is 307 Å². The number of nitrogens with zero attached hydrogens (tertiary/aromatic N) is 2. The largest absolute Gasteiger partial charge is 0.478 e. The lowest BCUT2D eigenvalue weighted by Crippen LogP contribution is -2.62. The molecule has 1 heterocycles. The van der Waals surface area contributed by atoms with Gasteiger partial charge in [0, 0.05) is 31.2 Å². The number of benzene rings is 1. The van der Waals surface area contributed by atoms with Crippen molar-refractivity contribution in [3.05, 3.63) is 51.6 Å². The molecule has 0 bridgehead atoms. The number of hydrogen-bond acceptors (Lipinski definition) is 12. The molecule has 1 aromatic carbocycles. The van der Waals surface area contributed by atoms with Gasteiger partial charge in [-0.15, -0.1) is 0 Å². The molecule has 1 aromatic rings. The number of nitro benzene ring substituents is 1. The molecule has 1 saturated heterocycles. The summed E-state index contributed by atoms with van der Waals surface area (Å²) in [5.41, 5.74) is 2.94. The van der Waals surface area contributed by atoms with Gasteiger partial charge in [0.2, 0.25) is 29.5 Å². The number of carboxylic acid groups (broad SMARTS) is 1. The number of nitro groups is 1. The number of β-amino-alcohol motifs (C(OH)–C–C–N with tert-alkyl or cyclic N) is 1. The van der Waals surface area contributed by atoms with E-state index in [1.165, 1.54) is 6.08 Å². The Kier molecular flexibility index (Phi) is 17.7. The van der Waals surface area contributed by atoms with Gasteiger partial charge in [-0.05, 0) is 61.8 Å². The Bertz CT molecular complexity index is 1920. The van der Waals surface area contributed by atoms with Gasteiger partial charge in [-0.3, -0.25) is 38.9 Å². The van der Waals surface area contributed by atoms with Crippen LogP contribution in [0.1, 0.15) is 125 Å². The molecule has 3 fully saturated rings. The molecule has 20 heteroatoms. The number of non-ortho nitro benzene ring substituents is 1. The number of hydrogen-bond donors (Lipinski definition) is 7. The van der Waals surface area contributed by atoms with E-state index < -0.39 is 111 Å². The fraction of sp³-hybridized carbons (Fsp3) is 0.628. The van der Waals surface area contributed by atoms with Crippen molar-refractivity contribution in [2.75, 3.05) is 13.7 Å². The summed E-state index contributed by atoms with van der Waals surface area (Å²) in [6, 6.07) is -3.62. The van der Waals surface area contributed by atoms with E-state index in [2.05, 4.69) is 26.0 Å². The molecule has 0 unspecified atom stereocenters. The highest BCUT2D eigenvalue weighted by Gasteiger charge is 2.46. The van der Waals surface area contributed by atoms with Gasteiger partial charge in [0.15, 0.2) is 0 Å². The van der Waals surface area contributed by atoms with E-state index in [-0.39, 0.29) is 37.6 Å². The number of carboxylic acids is 1. The summed E-state index contributed by atoms with van der Waals surface area (Å²) in [6.07, 6.45) is 9.00. The number of ether oxygens (including phenoxy) is 1. The molecule has 0 aromatic heterocycles. The van der Waals surface area contributed by atoms with Gasteiger partial charge in [0.25, 0.3) is 11.6 Å². The van der Waals surface area contributed by atoms with Gasteiger partial charge in [-0.2, -0.15) is 0 Å². The van der Waals surface area contributed by atoms with Crippen molar-refractivity contribution in [2.24, 2.45) is 23.0 Å². The van der Waals surface area contributed by atoms with E-state index in [9.17, 15) is 58.7 Å². The summed E-state index contributed by atoms with van der Waals surface area (Å²) in [5.74, 6) is -7.47. The van der Waals surface area contributed by atoms with Crippen molar-refractivity contribution in [1.29, 1.82) is 0 Å². The highest BCUT2D eigenvalue weighted by Crippen LogP contribution is 2.31. The number of nitrogens with one attached hydrogen (secondary N) is 4. The van der Waals surface area contributed by atoms with Crippen molar-refractivity contribution < 1.29 is 58.2 Å². The average Bonchev–Trinajstić information content (AvgIpc) is 3.65. The highest BCUT2D eigenvalue weighted by molar-refractivity contribution is 6.07. The van der Waals surface area contributed by atoms with Crippen LogP contribution in [0.25, 0.3) is 0 Å². The molecule has 0 spiro atoms. The van der Waals surface area contributed by atoms with Gasteiger partial charge >= 0.3 is 11.9 Å². The molecule has 346 valence electrons. The van der Waals surface area contributed by atoms with Crippen LogP contribution in [0.4, 0.5) is 5.69 Å². The van der Waals surface area contributed by atoms with Gasteiger partial charge in [0.05, 0.1) is 29.3 Å². The zero-order valence-corrected chi connectivity index (χ0v) is 36.3. The molecule has 2 saturated carbocycles. The molecular weight excluding hydrogens is 823 g/mol. The Labute approximate surface area is 365 Å². The van der Waals surface area contributed by atoms with Crippen LogP contribution in [0, 0.1) is 27.4 Å². The Hall–Kier alpha value is -5.92. The van der Waals surface area contributed by atoms with Gasteiger partial charge in [-0.25, -0.2) is 9.59 Å². The second-order valence-corrected chi connectivity index (χ2v) is 17.7. The maximum Gasteiger partial charge on any atom is 0.336 e. The van der Waals surface area contributed by atoms with Crippen molar-refractivity contribution >= 4 is 53.1 Å². The SMILES string of the molecule is COC(=O)/C=C/CC[C@H](NC(=O)c1cc([N+](=O)[O-])ccc1C(=O)O)C(=O)N[C@H](C(=O)N1C[C@H](O)C[C@H]1C(=O)N[C@H](C(=O)N[C@H](C(N)=O)C1CCCCC1)C1CCCCC1)C(C)(C)C. The standard InChI is InChI=1S/C43H61N7O13/c1-43(2,3)35(48-38(55)30(17-11-12-18-32(52)63-4)45-37(54)29-21-26(50(61)62)19-20-28(29)42(59)60)41(58)49-23-27(51)22-31(49)39(56)47-34(25-15-9-6-10-16-25)40(57)46-33(36(44)53)24-13-7-5-8-14-24/h12,18-21,24-25,27,30-31,33-35,51H,5-11,13-17,22-23H2,1-4H3,(H2,44,53)(H,45,54)(H,46,57)(H,47,56)(H,48,55)(H,59,60)/b18-12+/t27-,30+,31+,33+,34+,35-/m1/s1. The van der Waals surface area contributed by atoms with Gasteiger partial charge in [-0.1, -0.05) is 65.4 Å². The van der Waals surface area contributed by atoms with Crippen LogP contribution in [-0.2, 0) is 33.5 Å². The number of carbonyl (C=O) groups is 8. The smallest absolute Gasteiger partial charge is 0.336 e. The summed E-state index contributed by atoms with van der Waals surface area (Å²) < 4.78 is 4.59. The Morgan fingerprint density at radius 2 is 1.49 bits per heavy atom. The number of primary amides is 1. The first kappa shape index (κ1) is 49.7. The first-order valence-electron chi connectivity index (χ1n) is 21.5. The number of esters is 1. The number of rotatable bonds is 18. The first-order chi connectivity index (χ1) is 29.7. The second-order valence-electron chi connectivity index (χ2n) is 17.7. The molecule has 0 radical (unpaired) electrons. The Morgan fingerprint density at radius 1 is 0.889 bits per heavy atom. The van der Waals surface area contributed by atoms with Gasteiger partial charge in [0.1, 0.15) is 30.2 Å². The number of aliphatic hydroxyl groups excluding tert-OH is 1. The number of allylic oxidation sites excluding steroid dienone is 1. The van der Waals surface area contributed by atoms with Crippen LogP contribution in [0.3, 0.4) is 0 Å². The minimum atomic E-state index is -1.57. The molecule has 3 aliphatic rings. The first-order valence-corrected chi connectivity index (χ1v) is 21.5. The van der Waals surface area contributed by atoms with E-state index in [1.54, 1.807) is 20.8 Å². The lowest BCUT2D eigenvalue weighted by Gasteiger charge is -2.37. The average molecular weight is 884 g/mol. The van der Waals surface area contributed by atoms with Crippen LogP contribution in [0.15, 0.2) is 30.4 Å². The summed E-state index contributed by atoms with van der Waals surface area (Å²) in [6.45, 7) is 4.61. The predicted molar refractivity (Wildman–Crippen MR) is 225 cm³/mol. The number of nitrogens with two attached hydrogens (primary N) is 1. The Balaban J connectivity index is 1.60. The summed E-state index contributed by atoms with van der Waals surface area (Å²) in [5, 5.41) is 42.9. The van der Waals surface area contributed by atoms with E-state index >= 15 is 0 Å². The predicted octanol–water partition coefficient (Wildman–Crippen LogP) is 2.01. The van der Waals surface area contributed by atoms with Crippen molar-refractivity contribution in [3.8, 4) is 0 Å². The fourth-order valence-electron chi connectivity index (χ4n) is 8.64. The molecule has 8 N–H and O–H groups in total. The molecule has 63 heavy (non-hydrogen) atoms. The van der Waals surface area contributed by atoms with Gasteiger partial charge < -0.3 is 46.9 Å². The third-order valence-corrected chi connectivity index (χ3v) is 12.1. The van der Waals surface area contributed by atoms with Crippen molar-refractivity contribution in [3.63, 3.8) is 0 Å². The molecule has 6 atom stereocenters. The normalized spacial score (nSPS) is 20.4. The zero-order valence-electron chi connectivity index (χ0n) is 36.3. The van der Waals surface area contributed by atoms with Crippen LogP contribution in [-0.4, -0.2) is 117 Å². The molecule has 2 aliphatic carbocycles. The molecular formula is C43H61N7O13. The second kappa shape index (κ2) is 22.4. The lowest BCUT2D eigenvalue weighted by atomic mass is 9.81. The van der Waals surface area contributed by atoms with Crippen LogP contribution >= 0.6 is 0 Å². The monoisotopic (exact) mass is 883 g/mol. The van der Waals surface area contributed by atoms with E-state index in [0.717, 1.165) is 87.7 Å². The number of aliphatic hydroxyl groups is 1. The zero-order chi connectivity index (χ0) is 46.6. The Morgan fingerprint density at radius 3 is 2.03 bits per heavy atom. The molecule has 4 rings (SSSR count). The molecule has 20 nitrogen and oxygen atoms in total. The third kappa shape index (κ3) is 13.5. The maximum absolute atomic E-state index is 14.6. The summed E-state index contributed by atoms with van der Waals surface area (Å²) in [7, 11) is 1.16. The molecule has 1 aliphatic heterocycles. The number of carbonyl (C=O) groups excluding carboxylic acids is 7. The summed E-state index contributed by atoms with van der Waals surface area (Å²) in [4.78, 5) is 119. The lowest BCUT2D eigenvalue weighted by molar-refractivity contribution is -0.384. The van der Waals surface area contributed by atoms with Crippen LogP contribution in [0.2, 0.25) is 0 Å². The highest BCUT2D eigenvalue weighted by atomic mass is 16.6. The molecule has 6 amide bonds. The summed E-state index contributed by atoms with van der Waals surface area (Å²) >= 11 is 0. The minimum absolute atomic E-state index is 0.0144.